The van der Waals surface area contributed by atoms with Crippen LogP contribution in [0.1, 0.15) is 6.92 Å². The van der Waals surface area contributed by atoms with Gasteiger partial charge in [0.25, 0.3) is 5.56 Å². The number of anilines is 1. The molecule has 2 aromatic heterocycles. The number of fused-ring (bicyclic) bond motifs is 1. The summed E-state index contributed by atoms with van der Waals surface area (Å²) in [4.78, 5) is 29.0. The Labute approximate surface area is 159 Å². The van der Waals surface area contributed by atoms with E-state index in [2.05, 4.69) is 26.2 Å². The number of hydrogen-bond donors (Lipinski definition) is 1. The lowest BCUT2D eigenvalue weighted by atomic mass is 10.3. The van der Waals surface area contributed by atoms with E-state index >= 15 is 0 Å². The molecule has 0 fully saturated rings. The Balaban J connectivity index is 1.75. The van der Waals surface area contributed by atoms with E-state index < -0.39 is 5.82 Å². The fourth-order valence-electron chi connectivity index (χ4n) is 2.22. The SMILES string of the molecule is CCn1c(SCC(=O)Nc2ccc(Br)cc2F)nc2ccsc2c1=O. The van der Waals surface area contributed by atoms with Crippen molar-refractivity contribution >= 4 is 60.8 Å². The molecule has 3 aromatic rings. The number of carbonyl (C=O) groups excluding carboxylic acids is 1. The molecule has 9 heteroatoms. The van der Waals surface area contributed by atoms with E-state index in [4.69, 9.17) is 0 Å². The van der Waals surface area contributed by atoms with Crippen molar-refractivity contribution < 1.29 is 9.18 Å². The van der Waals surface area contributed by atoms with Gasteiger partial charge in [-0.15, -0.1) is 11.3 Å². The zero-order chi connectivity index (χ0) is 18.0. The average Bonchev–Trinajstić information content (AvgIpc) is 3.04. The number of nitrogens with zero attached hydrogens (tertiary/aromatic N) is 2. The molecular weight excluding hydrogens is 429 g/mol. The van der Waals surface area contributed by atoms with Crippen LogP contribution < -0.4 is 10.9 Å². The summed E-state index contributed by atoms with van der Waals surface area (Å²) in [6, 6.07) is 6.19. The third kappa shape index (κ3) is 3.94. The molecule has 0 unspecified atom stereocenters. The van der Waals surface area contributed by atoms with Gasteiger partial charge < -0.3 is 5.32 Å². The summed E-state index contributed by atoms with van der Waals surface area (Å²) in [6.45, 7) is 2.31. The monoisotopic (exact) mass is 441 g/mol. The van der Waals surface area contributed by atoms with Gasteiger partial charge in [0.15, 0.2) is 5.16 Å². The largest absolute Gasteiger partial charge is 0.323 e. The van der Waals surface area contributed by atoms with Gasteiger partial charge in [0.2, 0.25) is 5.91 Å². The molecule has 0 aliphatic carbocycles. The van der Waals surface area contributed by atoms with Crippen LogP contribution in [0.15, 0.2) is 44.1 Å². The summed E-state index contributed by atoms with van der Waals surface area (Å²) in [5.74, 6) is -0.859. The Morgan fingerprint density at radius 3 is 2.96 bits per heavy atom. The molecule has 1 N–H and O–H groups in total. The van der Waals surface area contributed by atoms with Crippen molar-refractivity contribution in [1.82, 2.24) is 9.55 Å². The second-order valence-electron chi connectivity index (χ2n) is 5.04. The van der Waals surface area contributed by atoms with E-state index in [1.807, 2.05) is 12.3 Å². The van der Waals surface area contributed by atoms with E-state index in [1.165, 1.54) is 28.0 Å². The van der Waals surface area contributed by atoms with Crippen LogP contribution in [0, 0.1) is 5.82 Å². The maximum Gasteiger partial charge on any atom is 0.272 e. The highest BCUT2D eigenvalue weighted by Gasteiger charge is 2.14. The molecule has 0 spiro atoms. The average molecular weight is 442 g/mol. The van der Waals surface area contributed by atoms with Crippen molar-refractivity contribution in [3.05, 3.63) is 50.3 Å². The number of amides is 1. The second kappa shape index (κ2) is 7.67. The van der Waals surface area contributed by atoms with Gasteiger partial charge in [-0.1, -0.05) is 27.7 Å². The van der Waals surface area contributed by atoms with Crippen molar-refractivity contribution in [2.75, 3.05) is 11.1 Å². The van der Waals surface area contributed by atoms with E-state index in [9.17, 15) is 14.0 Å². The quantitative estimate of drug-likeness (QED) is 0.477. The fraction of sp³-hybridized carbons (Fsp3) is 0.188. The van der Waals surface area contributed by atoms with Gasteiger partial charge >= 0.3 is 0 Å². The van der Waals surface area contributed by atoms with Crippen molar-refractivity contribution in [1.29, 1.82) is 0 Å². The normalized spacial score (nSPS) is 11.0. The maximum atomic E-state index is 13.8. The van der Waals surface area contributed by atoms with E-state index in [0.717, 1.165) is 11.8 Å². The summed E-state index contributed by atoms with van der Waals surface area (Å²) in [7, 11) is 0. The smallest absolute Gasteiger partial charge is 0.272 e. The molecule has 130 valence electrons. The molecule has 5 nitrogen and oxygen atoms in total. The van der Waals surface area contributed by atoms with Crippen LogP contribution in [0.25, 0.3) is 10.2 Å². The number of aromatic nitrogens is 2. The molecule has 3 rings (SSSR count). The highest BCUT2D eigenvalue weighted by atomic mass is 79.9. The van der Waals surface area contributed by atoms with E-state index in [-0.39, 0.29) is 22.9 Å². The number of nitrogens with one attached hydrogen (secondary N) is 1. The predicted octanol–water partition coefficient (Wildman–Crippen LogP) is 4.11. The van der Waals surface area contributed by atoms with Crippen LogP contribution in [-0.4, -0.2) is 21.2 Å². The first-order valence-corrected chi connectivity index (χ1v) is 10.0. The van der Waals surface area contributed by atoms with Gasteiger partial charge in [0.1, 0.15) is 10.5 Å². The van der Waals surface area contributed by atoms with Gasteiger partial charge in [0.05, 0.1) is 17.0 Å². The first kappa shape index (κ1) is 18.1. The van der Waals surface area contributed by atoms with Crippen LogP contribution in [-0.2, 0) is 11.3 Å². The molecule has 0 saturated heterocycles. The lowest BCUT2D eigenvalue weighted by Gasteiger charge is -2.10. The molecule has 0 aliphatic heterocycles. The standard InChI is InChI=1S/C16H13BrFN3O2S2/c1-2-21-15(23)14-12(5-6-24-14)20-16(21)25-8-13(22)19-11-4-3-9(17)7-10(11)18/h3-7H,2,8H2,1H3,(H,19,22). The minimum Gasteiger partial charge on any atom is -0.323 e. The Hall–Kier alpha value is -1.71. The Morgan fingerprint density at radius 2 is 2.24 bits per heavy atom. The summed E-state index contributed by atoms with van der Waals surface area (Å²) >= 11 is 5.67. The van der Waals surface area contributed by atoms with Crippen LogP contribution in [0.5, 0.6) is 0 Å². The molecule has 0 bridgehead atoms. The molecular formula is C16H13BrFN3O2S2. The third-order valence-corrected chi connectivity index (χ3v) is 5.75. The molecule has 25 heavy (non-hydrogen) atoms. The molecule has 1 amide bonds. The number of hydrogen-bond acceptors (Lipinski definition) is 5. The van der Waals surface area contributed by atoms with Gasteiger partial charge in [-0.05, 0) is 36.6 Å². The Bertz CT molecular complexity index is 1000. The van der Waals surface area contributed by atoms with Crippen molar-refractivity contribution in [3.8, 4) is 0 Å². The van der Waals surface area contributed by atoms with Crippen LogP contribution in [0.4, 0.5) is 10.1 Å². The number of carbonyl (C=O) groups is 1. The minimum atomic E-state index is -0.518. The number of rotatable bonds is 5. The lowest BCUT2D eigenvalue weighted by molar-refractivity contribution is -0.113. The number of thioether (sulfide) groups is 1. The van der Waals surface area contributed by atoms with Gasteiger partial charge in [-0.2, -0.15) is 0 Å². The molecule has 2 heterocycles. The van der Waals surface area contributed by atoms with Gasteiger partial charge in [-0.3, -0.25) is 14.2 Å². The summed E-state index contributed by atoms with van der Waals surface area (Å²) in [6.07, 6.45) is 0. The molecule has 0 atom stereocenters. The predicted molar refractivity (Wildman–Crippen MR) is 103 cm³/mol. The van der Waals surface area contributed by atoms with Crippen LogP contribution in [0.2, 0.25) is 0 Å². The Kier molecular flexibility index (Phi) is 5.55. The van der Waals surface area contributed by atoms with Crippen molar-refractivity contribution in [2.24, 2.45) is 0 Å². The first-order valence-electron chi connectivity index (χ1n) is 7.35. The lowest BCUT2D eigenvalue weighted by Crippen LogP contribution is -2.22. The molecule has 0 saturated carbocycles. The summed E-state index contributed by atoms with van der Waals surface area (Å²) in [5.41, 5.74) is 0.633. The number of thiophene rings is 1. The van der Waals surface area contributed by atoms with Crippen molar-refractivity contribution in [3.63, 3.8) is 0 Å². The van der Waals surface area contributed by atoms with Gasteiger partial charge in [0, 0.05) is 11.0 Å². The topological polar surface area (TPSA) is 64.0 Å². The minimum absolute atomic E-state index is 0.0254. The number of halogens is 2. The summed E-state index contributed by atoms with van der Waals surface area (Å²) < 4.78 is 16.5. The van der Waals surface area contributed by atoms with Crippen molar-refractivity contribution in [2.45, 2.75) is 18.6 Å². The fourth-order valence-corrected chi connectivity index (χ4v) is 4.19. The van der Waals surface area contributed by atoms with E-state index in [0.29, 0.717) is 26.4 Å². The molecule has 1 aromatic carbocycles. The highest BCUT2D eigenvalue weighted by molar-refractivity contribution is 9.10. The molecule has 0 aliphatic rings. The maximum absolute atomic E-state index is 13.8. The zero-order valence-corrected chi connectivity index (χ0v) is 16.3. The third-order valence-electron chi connectivity index (χ3n) is 3.38. The highest BCUT2D eigenvalue weighted by Crippen LogP contribution is 2.22. The van der Waals surface area contributed by atoms with Gasteiger partial charge in [-0.25, -0.2) is 9.37 Å². The van der Waals surface area contributed by atoms with E-state index in [1.54, 1.807) is 12.1 Å². The first-order chi connectivity index (χ1) is 12.0. The Morgan fingerprint density at radius 1 is 1.44 bits per heavy atom. The zero-order valence-electron chi connectivity index (χ0n) is 13.1. The van der Waals surface area contributed by atoms with Crippen LogP contribution in [0.3, 0.4) is 0 Å². The summed E-state index contributed by atoms with van der Waals surface area (Å²) in [5, 5.41) is 4.82. The molecule has 0 radical (unpaired) electrons. The second-order valence-corrected chi connectivity index (χ2v) is 7.81. The number of benzene rings is 1. The van der Waals surface area contributed by atoms with Crippen LogP contribution >= 0.6 is 39.0 Å².